The number of hydrogen-bond donors (Lipinski definition) is 1. The Bertz CT molecular complexity index is 834. The van der Waals surface area contributed by atoms with Crippen molar-refractivity contribution in [3.63, 3.8) is 0 Å². The molecule has 0 fully saturated rings. The summed E-state index contributed by atoms with van der Waals surface area (Å²) in [5.74, 6) is 1.54. The van der Waals surface area contributed by atoms with E-state index in [0.717, 1.165) is 36.4 Å². The summed E-state index contributed by atoms with van der Waals surface area (Å²) in [5, 5.41) is 3.60. The second-order valence-electron chi connectivity index (χ2n) is 7.07. The second kappa shape index (κ2) is 10.5. The van der Waals surface area contributed by atoms with Crippen LogP contribution in [0.1, 0.15) is 30.0 Å². The van der Waals surface area contributed by atoms with Crippen LogP contribution < -0.4 is 14.8 Å². The summed E-state index contributed by atoms with van der Waals surface area (Å²) >= 11 is 0. The van der Waals surface area contributed by atoms with Gasteiger partial charge in [0.25, 0.3) is 0 Å². The monoisotopic (exact) mass is 375 g/mol. The van der Waals surface area contributed by atoms with Gasteiger partial charge in [-0.05, 0) is 48.6 Å². The molecule has 3 heteroatoms. The molecule has 0 aromatic heterocycles. The summed E-state index contributed by atoms with van der Waals surface area (Å²) in [5.41, 5.74) is 3.72. The Labute approximate surface area is 168 Å². The Morgan fingerprint density at radius 2 is 1.46 bits per heavy atom. The minimum atomic E-state index is 0.445. The summed E-state index contributed by atoms with van der Waals surface area (Å²) in [7, 11) is 1.68. The molecule has 0 radical (unpaired) electrons. The van der Waals surface area contributed by atoms with E-state index >= 15 is 0 Å². The van der Waals surface area contributed by atoms with Crippen molar-refractivity contribution in [2.45, 2.75) is 39.0 Å². The normalized spacial score (nSPS) is 11.8. The van der Waals surface area contributed by atoms with Gasteiger partial charge in [-0.2, -0.15) is 0 Å². The smallest absolute Gasteiger partial charge is 0.161 e. The van der Waals surface area contributed by atoms with Crippen LogP contribution in [0, 0.1) is 0 Å². The van der Waals surface area contributed by atoms with Gasteiger partial charge in [0, 0.05) is 12.6 Å². The Kier molecular flexibility index (Phi) is 7.51. The molecule has 0 spiro atoms. The molecule has 0 saturated heterocycles. The molecule has 3 aromatic carbocycles. The molecule has 0 amide bonds. The highest BCUT2D eigenvalue weighted by atomic mass is 16.5. The van der Waals surface area contributed by atoms with Crippen molar-refractivity contribution in [1.29, 1.82) is 0 Å². The number of rotatable bonds is 10. The fraction of sp³-hybridized carbons (Fsp3) is 0.280. The molecule has 0 heterocycles. The van der Waals surface area contributed by atoms with Crippen molar-refractivity contribution in [1.82, 2.24) is 5.32 Å². The molecule has 0 aliphatic heterocycles. The summed E-state index contributed by atoms with van der Waals surface area (Å²) in [6.45, 7) is 3.58. The first-order valence-electron chi connectivity index (χ1n) is 9.85. The maximum Gasteiger partial charge on any atom is 0.161 e. The number of methoxy groups -OCH3 is 1. The summed E-state index contributed by atoms with van der Waals surface area (Å²) < 4.78 is 11.5. The lowest BCUT2D eigenvalue weighted by atomic mass is 10.1. The number of benzene rings is 3. The topological polar surface area (TPSA) is 30.5 Å². The highest BCUT2D eigenvalue weighted by molar-refractivity contribution is 5.43. The molecule has 3 rings (SSSR count). The van der Waals surface area contributed by atoms with E-state index in [2.05, 4.69) is 66.8 Å². The van der Waals surface area contributed by atoms with Crippen molar-refractivity contribution in [3.8, 4) is 11.5 Å². The Morgan fingerprint density at radius 3 is 2.14 bits per heavy atom. The standard InChI is InChI=1S/C25H29NO2/c1-20(13-14-21-9-5-3-6-10-21)26-18-23-15-16-24(25(17-23)27-2)28-19-22-11-7-4-8-12-22/h3-12,15-17,20,26H,13-14,18-19H2,1-2H3/t20-/m1/s1. The van der Waals surface area contributed by atoms with E-state index in [1.54, 1.807) is 7.11 Å². The number of ether oxygens (including phenoxy) is 2. The number of aryl methyl sites for hydroxylation is 1. The van der Waals surface area contributed by atoms with Crippen LogP contribution in [0.3, 0.4) is 0 Å². The van der Waals surface area contributed by atoms with Gasteiger partial charge >= 0.3 is 0 Å². The van der Waals surface area contributed by atoms with E-state index in [-0.39, 0.29) is 0 Å². The Hall–Kier alpha value is -2.78. The lowest BCUT2D eigenvalue weighted by molar-refractivity contribution is 0.284. The molecule has 0 bridgehead atoms. The molecule has 0 unspecified atom stereocenters. The van der Waals surface area contributed by atoms with Crippen molar-refractivity contribution in [2.24, 2.45) is 0 Å². The van der Waals surface area contributed by atoms with Gasteiger partial charge < -0.3 is 14.8 Å². The quantitative estimate of drug-likeness (QED) is 0.516. The first-order chi connectivity index (χ1) is 13.7. The maximum absolute atomic E-state index is 5.94. The average molecular weight is 376 g/mol. The second-order valence-corrected chi connectivity index (χ2v) is 7.07. The lowest BCUT2D eigenvalue weighted by Crippen LogP contribution is -2.26. The molecule has 3 aromatic rings. The number of hydrogen-bond acceptors (Lipinski definition) is 3. The third kappa shape index (κ3) is 6.14. The molecule has 28 heavy (non-hydrogen) atoms. The molecule has 1 N–H and O–H groups in total. The van der Waals surface area contributed by atoms with Crippen LogP contribution in [0.5, 0.6) is 11.5 Å². The van der Waals surface area contributed by atoms with Crippen LogP contribution >= 0.6 is 0 Å². The highest BCUT2D eigenvalue weighted by Gasteiger charge is 2.08. The van der Waals surface area contributed by atoms with Gasteiger partial charge in [-0.1, -0.05) is 66.7 Å². The van der Waals surface area contributed by atoms with Crippen molar-refractivity contribution in [3.05, 3.63) is 95.6 Å². The van der Waals surface area contributed by atoms with Gasteiger partial charge in [-0.15, -0.1) is 0 Å². The zero-order valence-corrected chi connectivity index (χ0v) is 16.7. The Balaban J connectivity index is 1.50. The van der Waals surface area contributed by atoms with Crippen molar-refractivity contribution >= 4 is 0 Å². The number of nitrogens with one attached hydrogen (secondary N) is 1. The third-order valence-corrected chi connectivity index (χ3v) is 4.83. The summed E-state index contributed by atoms with van der Waals surface area (Å²) in [6, 6.07) is 27.4. The van der Waals surface area contributed by atoms with Gasteiger partial charge in [-0.3, -0.25) is 0 Å². The first kappa shape index (κ1) is 20.0. The molecule has 0 aliphatic carbocycles. The SMILES string of the molecule is COc1cc(CN[C@H](C)CCc2ccccc2)ccc1OCc1ccccc1. The van der Waals surface area contributed by atoms with Crippen LogP contribution in [0.2, 0.25) is 0 Å². The van der Waals surface area contributed by atoms with Gasteiger partial charge in [0.1, 0.15) is 6.61 Å². The van der Waals surface area contributed by atoms with E-state index < -0.39 is 0 Å². The fourth-order valence-electron chi connectivity index (χ4n) is 3.10. The highest BCUT2D eigenvalue weighted by Crippen LogP contribution is 2.29. The molecule has 146 valence electrons. The molecule has 1 atom stereocenters. The van der Waals surface area contributed by atoms with E-state index in [9.17, 15) is 0 Å². The first-order valence-corrected chi connectivity index (χ1v) is 9.85. The molecule has 0 saturated carbocycles. The predicted molar refractivity (Wildman–Crippen MR) is 115 cm³/mol. The molecule has 0 aliphatic rings. The zero-order chi connectivity index (χ0) is 19.6. The summed E-state index contributed by atoms with van der Waals surface area (Å²) in [6.07, 6.45) is 2.20. The molecular formula is C25H29NO2. The predicted octanol–water partition coefficient (Wildman–Crippen LogP) is 5.39. The zero-order valence-electron chi connectivity index (χ0n) is 16.7. The van der Waals surface area contributed by atoms with Crippen LogP contribution in [-0.4, -0.2) is 13.2 Å². The van der Waals surface area contributed by atoms with Crippen molar-refractivity contribution in [2.75, 3.05) is 7.11 Å². The molecular weight excluding hydrogens is 346 g/mol. The van der Waals surface area contributed by atoms with Gasteiger partial charge in [0.05, 0.1) is 7.11 Å². The van der Waals surface area contributed by atoms with E-state index in [1.165, 1.54) is 11.1 Å². The van der Waals surface area contributed by atoms with Gasteiger partial charge in [0.15, 0.2) is 11.5 Å². The lowest BCUT2D eigenvalue weighted by Gasteiger charge is -2.16. The minimum absolute atomic E-state index is 0.445. The fourth-order valence-corrected chi connectivity index (χ4v) is 3.10. The van der Waals surface area contributed by atoms with Crippen LogP contribution in [-0.2, 0) is 19.6 Å². The van der Waals surface area contributed by atoms with Crippen LogP contribution in [0.25, 0.3) is 0 Å². The van der Waals surface area contributed by atoms with Gasteiger partial charge in [-0.25, -0.2) is 0 Å². The van der Waals surface area contributed by atoms with Crippen LogP contribution in [0.4, 0.5) is 0 Å². The largest absolute Gasteiger partial charge is 0.493 e. The minimum Gasteiger partial charge on any atom is -0.493 e. The van der Waals surface area contributed by atoms with E-state index in [4.69, 9.17) is 9.47 Å². The Morgan fingerprint density at radius 1 is 0.786 bits per heavy atom. The van der Waals surface area contributed by atoms with Crippen molar-refractivity contribution < 1.29 is 9.47 Å². The van der Waals surface area contributed by atoms with E-state index in [0.29, 0.717) is 12.6 Å². The van der Waals surface area contributed by atoms with E-state index in [1.807, 2.05) is 24.3 Å². The maximum atomic E-state index is 5.94. The average Bonchev–Trinajstić information content (AvgIpc) is 2.76. The van der Waals surface area contributed by atoms with Gasteiger partial charge in [0.2, 0.25) is 0 Å². The summed E-state index contributed by atoms with van der Waals surface area (Å²) in [4.78, 5) is 0. The third-order valence-electron chi connectivity index (χ3n) is 4.83. The molecule has 3 nitrogen and oxygen atoms in total. The van der Waals surface area contributed by atoms with Crippen LogP contribution in [0.15, 0.2) is 78.9 Å².